The van der Waals surface area contributed by atoms with Crippen molar-refractivity contribution in [2.24, 2.45) is 4.99 Å². The predicted molar refractivity (Wildman–Crippen MR) is 108 cm³/mol. The van der Waals surface area contributed by atoms with Crippen LogP contribution in [0.4, 0.5) is 5.69 Å². The molecule has 0 radical (unpaired) electrons. The summed E-state index contributed by atoms with van der Waals surface area (Å²) < 4.78 is 0. The molecule has 27 heavy (non-hydrogen) atoms. The van der Waals surface area contributed by atoms with E-state index in [2.05, 4.69) is 17.1 Å². The lowest BCUT2D eigenvalue weighted by atomic mass is 9.94. The average molecular weight is 355 g/mol. The number of fused-ring (bicyclic) bond motifs is 1. The smallest absolute Gasteiger partial charge is 0.163 e. The highest BCUT2D eigenvalue weighted by atomic mass is 16.3. The van der Waals surface area contributed by atoms with Gasteiger partial charge in [0.05, 0.1) is 5.71 Å². The highest BCUT2D eigenvalue weighted by Crippen LogP contribution is 2.39. The van der Waals surface area contributed by atoms with Gasteiger partial charge < -0.3 is 5.11 Å². The fourth-order valence-corrected chi connectivity index (χ4v) is 3.56. The second-order valence-electron chi connectivity index (χ2n) is 6.82. The van der Waals surface area contributed by atoms with Crippen LogP contribution in [0.15, 0.2) is 77.8 Å². The van der Waals surface area contributed by atoms with Crippen LogP contribution >= 0.6 is 0 Å². The standard InChI is InChI=1S/C24H21NO2/c26-22(13-7-10-17-8-3-1-4-9-17)19-14-15-23(27)24-20(19)16-21(25-24)18-11-5-2-6-12-18/h1-6,8-9,11-12,14-15,27H,7,10,13,16H2. The number of phenols is 1. The Labute approximate surface area is 159 Å². The second-order valence-corrected chi connectivity index (χ2v) is 6.82. The maximum Gasteiger partial charge on any atom is 0.163 e. The van der Waals surface area contributed by atoms with E-state index in [-0.39, 0.29) is 11.5 Å². The van der Waals surface area contributed by atoms with E-state index in [0.717, 1.165) is 29.7 Å². The van der Waals surface area contributed by atoms with Gasteiger partial charge in [0, 0.05) is 18.4 Å². The van der Waals surface area contributed by atoms with Gasteiger partial charge in [0.1, 0.15) is 11.4 Å². The zero-order valence-electron chi connectivity index (χ0n) is 15.1. The van der Waals surface area contributed by atoms with Gasteiger partial charge in [-0.15, -0.1) is 0 Å². The van der Waals surface area contributed by atoms with Gasteiger partial charge in [-0.3, -0.25) is 4.79 Å². The van der Waals surface area contributed by atoms with Gasteiger partial charge in [0.15, 0.2) is 5.78 Å². The zero-order valence-corrected chi connectivity index (χ0v) is 15.1. The van der Waals surface area contributed by atoms with Gasteiger partial charge in [0.2, 0.25) is 0 Å². The number of benzene rings is 3. The topological polar surface area (TPSA) is 49.7 Å². The number of hydrogen-bond donors (Lipinski definition) is 1. The third kappa shape index (κ3) is 3.68. The van der Waals surface area contributed by atoms with Crippen LogP contribution < -0.4 is 0 Å². The van der Waals surface area contributed by atoms with E-state index in [1.807, 2.05) is 48.5 Å². The van der Waals surface area contributed by atoms with E-state index >= 15 is 0 Å². The molecule has 0 saturated heterocycles. The van der Waals surface area contributed by atoms with Crippen molar-refractivity contribution < 1.29 is 9.90 Å². The Morgan fingerprint density at radius 2 is 1.63 bits per heavy atom. The molecule has 1 aliphatic heterocycles. The summed E-state index contributed by atoms with van der Waals surface area (Å²) in [7, 11) is 0. The Bertz CT molecular complexity index is 992. The van der Waals surface area contributed by atoms with Crippen LogP contribution in [0.2, 0.25) is 0 Å². The number of rotatable bonds is 6. The predicted octanol–water partition coefficient (Wildman–Crippen LogP) is 5.27. The molecule has 0 bridgehead atoms. The first kappa shape index (κ1) is 17.2. The molecule has 0 atom stereocenters. The van der Waals surface area contributed by atoms with E-state index in [0.29, 0.717) is 24.1 Å². The van der Waals surface area contributed by atoms with Gasteiger partial charge in [0.25, 0.3) is 0 Å². The van der Waals surface area contributed by atoms with Gasteiger partial charge in [-0.1, -0.05) is 60.7 Å². The molecule has 3 nitrogen and oxygen atoms in total. The largest absolute Gasteiger partial charge is 0.506 e. The highest BCUT2D eigenvalue weighted by molar-refractivity contribution is 6.10. The molecule has 0 fully saturated rings. The van der Waals surface area contributed by atoms with E-state index in [4.69, 9.17) is 0 Å². The normalized spacial score (nSPS) is 12.5. The van der Waals surface area contributed by atoms with Crippen LogP contribution in [0.25, 0.3) is 0 Å². The van der Waals surface area contributed by atoms with Crippen LogP contribution in [0, 0.1) is 0 Å². The van der Waals surface area contributed by atoms with E-state index < -0.39 is 0 Å². The lowest BCUT2D eigenvalue weighted by Gasteiger charge is -2.08. The van der Waals surface area contributed by atoms with Crippen molar-refractivity contribution in [2.45, 2.75) is 25.7 Å². The molecule has 134 valence electrons. The third-order valence-corrected chi connectivity index (χ3v) is 4.97. The van der Waals surface area contributed by atoms with E-state index in [9.17, 15) is 9.90 Å². The summed E-state index contributed by atoms with van der Waals surface area (Å²) in [5, 5.41) is 10.2. The molecule has 3 aromatic carbocycles. The minimum Gasteiger partial charge on any atom is -0.506 e. The minimum atomic E-state index is 0.117. The number of nitrogens with zero attached hydrogens (tertiary/aromatic N) is 1. The molecular formula is C24H21NO2. The Hall–Kier alpha value is -3.20. The van der Waals surface area contributed by atoms with Crippen molar-refractivity contribution >= 4 is 17.2 Å². The Morgan fingerprint density at radius 3 is 2.37 bits per heavy atom. The Kier molecular flexibility index (Phi) is 4.84. The fraction of sp³-hybridized carbons (Fsp3) is 0.167. The van der Waals surface area contributed by atoms with Crippen LogP contribution in [0.1, 0.15) is 39.9 Å². The number of ketones is 1. The lowest BCUT2D eigenvalue weighted by Crippen LogP contribution is -2.06. The van der Waals surface area contributed by atoms with Gasteiger partial charge in [-0.25, -0.2) is 4.99 Å². The molecule has 1 heterocycles. The van der Waals surface area contributed by atoms with Crippen LogP contribution in [0.5, 0.6) is 5.75 Å². The molecule has 0 spiro atoms. The van der Waals surface area contributed by atoms with Gasteiger partial charge in [-0.05, 0) is 41.7 Å². The number of aromatic hydroxyl groups is 1. The van der Waals surface area contributed by atoms with Crippen LogP contribution in [0.3, 0.4) is 0 Å². The van der Waals surface area contributed by atoms with Crippen molar-refractivity contribution in [1.29, 1.82) is 0 Å². The molecule has 0 amide bonds. The number of aryl methyl sites for hydroxylation is 1. The van der Waals surface area contributed by atoms with Crippen LogP contribution in [-0.2, 0) is 12.8 Å². The van der Waals surface area contributed by atoms with Crippen LogP contribution in [-0.4, -0.2) is 16.6 Å². The molecule has 0 aromatic heterocycles. The highest BCUT2D eigenvalue weighted by Gasteiger charge is 2.24. The van der Waals surface area contributed by atoms with Gasteiger partial charge >= 0.3 is 0 Å². The summed E-state index contributed by atoms with van der Waals surface area (Å²) in [5.74, 6) is 0.253. The minimum absolute atomic E-state index is 0.117. The maximum atomic E-state index is 12.8. The number of carbonyl (C=O) groups is 1. The number of hydrogen-bond acceptors (Lipinski definition) is 3. The third-order valence-electron chi connectivity index (χ3n) is 4.97. The molecule has 3 aromatic rings. The fourth-order valence-electron chi connectivity index (χ4n) is 3.56. The zero-order chi connectivity index (χ0) is 18.6. The number of Topliss-reactive ketones (excluding diaryl/α,β-unsaturated/α-hetero) is 1. The number of aliphatic imine (C=N–C) groups is 1. The number of phenolic OH excluding ortho intramolecular Hbond substituents is 1. The van der Waals surface area contributed by atoms with Crippen molar-refractivity contribution in [3.8, 4) is 5.75 Å². The molecule has 1 aliphatic rings. The van der Waals surface area contributed by atoms with Gasteiger partial charge in [-0.2, -0.15) is 0 Å². The first-order valence-corrected chi connectivity index (χ1v) is 9.27. The summed E-state index contributed by atoms with van der Waals surface area (Å²) in [4.78, 5) is 17.4. The summed E-state index contributed by atoms with van der Waals surface area (Å²) >= 11 is 0. The summed E-state index contributed by atoms with van der Waals surface area (Å²) in [6, 6.07) is 23.4. The molecule has 1 N–H and O–H groups in total. The lowest BCUT2D eigenvalue weighted by molar-refractivity contribution is 0.0979. The molecular weight excluding hydrogens is 334 g/mol. The van der Waals surface area contributed by atoms with E-state index in [1.165, 1.54) is 5.56 Å². The monoisotopic (exact) mass is 355 g/mol. The second kappa shape index (κ2) is 7.58. The van der Waals surface area contributed by atoms with E-state index in [1.54, 1.807) is 12.1 Å². The first-order valence-electron chi connectivity index (χ1n) is 9.27. The molecule has 0 saturated carbocycles. The molecule has 0 unspecified atom stereocenters. The summed E-state index contributed by atoms with van der Waals surface area (Å²) in [6.45, 7) is 0. The molecule has 0 aliphatic carbocycles. The SMILES string of the molecule is O=C(CCCc1ccccc1)c1ccc(O)c2c1CC(c1ccccc1)=N2. The summed E-state index contributed by atoms with van der Waals surface area (Å²) in [6.07, 6.45) is 2.77. The molecule has 3 heteroatoms. The van der Waals surface area contributed by atoms with Crippen molar-refractivity contribution in [1.82, 2.24) is 0 Å². The van der Waals surface area contributed by atoms with Crippen molar-refractivity contribution in [2.75, 3.05) is 0 Å². The first-order chi connectivity index (χ1) is 13.2. The van der Waals surface area contributed by atoms with Crippen molar-refractivity contribution in [3.63, 3.8) is 0 Å². The Morgan fingerprint density at radius 1 is 0.926 bits per heavy atom. The Balaban J connectivity index is 1.50. The number of carbonyl (C=O) groups excluding carboxylic acids is 1. The maximum absolute atomic E-state index is 12.8. The quantitative estimate of drug-likeness (QED) is 0.612. The molecule has 4 rings (SSSR count). The van der Waals surface area contributed by atoms with Crippen molar-refractivity contribution in [3.05, 3.63) is 95.1 Å². The average Bonchev–Trinajstić information content (AvgIpc) is 3.16. The summed E-state index contributed by atoms with van der Waals surface area (Å²) in [5.41, 5.74) is 5.24.